The van der Waals surface area contributed by atoms with Gasteiger partial charge in [0.15, 0.2) is 0 Å². The molecule has 2 unspecified atom stereocenters. The lowest BCUT2D eigenvalue weighted by atomic mass is 10.1. The van der Waals surface area contributed by atoms with Gasteiger partial charge in [-0.2, -0.15) is 0 Å². The van der Waals surface area contributed by atoms with E-state index in [-0.39, 0.29) is 0 Å². The summed E-state index contributed by atoms with van der Waals surface area (Å²) in [5.74, 6) is 1.08. The number of hydrogen-bond donors (Lipinski definition) is 1. The second-order valence-corrected chi connectivity index (χ2v) is 4.77. The van der Waals surface area contributed by atoms with Gasteiger partial charge in [-0.05, 0) is 43.9 Å². The van der Waals surface area contributed by atoms with Gasteiger partial charge < -0.3 is 10.1 Å². The first kappa shape index (κ1) is 12.4. The molecule has 0 spiro atoms. The molecule has 1 aromatic rings. The van der Waals surface area contributed by atoms with E-state index in [0.29, 0.717) is 12.1 Å². The molecule has 1 aromatic carbocycles. The fourth-order valence-corrected chi connectivity index (χ4v) is 2.61. The normalized spacial score (nSPS) is 23.9. The summed E-state index contributed by atoms with van der Waals surface area (Å²) in [7, 11) is 0. The minimum absolute atomic E-state index is 0.395. The summed E-state index contributed by atoms with van der Waals surface area (Å²) >= 11 is 0. The molecule has 1 saturated carbocycles. The van der Waals surface area contributed by atoms with Crippen LogP contribution in [0.25, 0.3) is 0 Å². The zero-order valence-electron chi connectivity index (χ0n) is 10.9. The van der Waals surface area contributed by atoms with Crippen LogP contribution in [0, 0.1) is 0 Å². The minimum Gasteiger partial charge on any atom is -0.490 e. The quantitative estimate of drug-likeness (QED) is 0.843. The van der Waals surface area contributed by atoms with Crippen LogP contribution in [-0.4, -0.2) is 18.7 Å². The van der Waals surface area contributed by atoms with Gasteiger partial charge in [-0.25, -0.2) is 0 Å². The third-order valence-corrected chi connectivity index (χ3v) is 3.52. The molecule has 0 bridgehead atoms. The second kappa shape index (κ2) is 6.06. The van der Waals surface area contributed by atoms with Crippen molar-refractivity contribution in [1.29, 1.82) is 0 Å². The molecular formula is C15H23NO. The van der Waals surface area contributed by atoms with Crippen LogP contribution in [0.3, 0.4) is 0 Å². The molecule has 0 aliphatic heterocycles. The molecule has 1 aliphatic rings. The highest BCUT2D eigenvalue weighted by atomic mass is 16.5. The Hall–Kier alpha value is -1.02. The zero-order chi connectivity index (χ0) is 12.1. The molecule has 1 aliphatic carbocycles. The average molecular weight is 233 g/mol. The molecule has 0 aromatic heterocycles. The summed E-state index contributed by atoms with van der Waals surface area (Å²) in [5, 5.41) is 3.51. The Labute approximate surface area is 104 Å². The van der Waals surface area contributed by atoms with E-state index in [2.05, 4.69) is 43.4 Å². The third kappa shape index (κ3) is 3.22. The standard InChI is InChI=1S/C15H23NO/c1-3-12-7-5-6-8-15(12)17-14-10-9-13(11-14)16-4-2/h5-8,13-14,16H,3-4,9-11H2,1-2H3. The molecule has 0 amide bonds. The molecule has 1 fully saturated rings. The molecule has 0 heterocycles. The van der Waals surface area contributed by atoms with E-state index in [0.717, 1.165) is 25.1 Å². The average Bonchev–Trinajstić information content (AvgIpc) is 2.78. The van der Waals surface area contributed by atoms with Crippen molar-refractivity contribution < 1.29 is 4.74 Å². The number of benzene rings is 1. The Morgan fingerprint density at radius 2 is 2.06 bits per heavy atom. The van der Waals surface area contributed by atoms with Gasteiger partial charge in [0.2, 0.25) is 0 Å². The Morgan fingerprint density at radius 1 is 1.24 bits per heavy atom. The van der Waals surface area contributed by atoms with Crippen molar-refractivity contribution in [2.24, 2.45) is 0 Å². The monoisotopic (exact) mass is 233 g/mol. The van der Waals surface area contributed by atoms with Crippen molar-refractivity contribution in [1.82, 2.24) is 5.32 Å². The lowest BCUT2D eigenvalue weighted by Crippen LogP contribution is -2.27. The van der Waals surface area contributed by atoms with Crippen LogP contribution in [0.5, 0.6) is 5.75 Å². The number of ether oxygens (including phenoxy) is 1. The fraction of sp³-hybridized carbons (Fsp3) is 0.600. The predicted molar refractivity (Wildman–Crippen MR) is 71.6 cm³/mol. The summed E-state index contributed by atoms with van der Waals surface area (Å²) in [6, 6.07) is 9.05. The van der Waals surface area contributed by atoms with Gasteiger partial charge >= 0.3 is 0 Å². The molecule has 0 radical (unpaired) electrons. The van der Waals surface area contributed by atoms with Gasteiger partial charge in [-0.15, -0.1) is 0 Å². The maximum Gasteiger partial charge on any atom is 0.122 e. The number of aryl methyl sites for hydroxylation is 1. The summed E-state index contributed by atoms with van der Waals surface area (Å²) < 4.78 is 6.13. The van der Waals surface area contributed by atoms with E-state index in [4.69, 9.17) is 4.74 Å². The third-order valence-electron chi connectivity index (χ3n) is 3.52. The maximum atomic E-state index is 6.13. The van der Waals surface area contributed by atoms with E-state index < -0.39 is 0 Å². The molecule has 2 nitrogen and oxygen atoms in total. The van der Waals surface area contributed by atoms with Crippen LogP contribution < -0.4 is 10.1 Å². The van der Waals surface area contributed by atoms with Gasteiger partial charge in [0.1, 0.15) is 11.9 Å². The molecule has 2 heteroatoms. The molecule has 2 atom stereocenters. The Morgan fingerprint density at radius 3 is 2.82 bits per heavy atom. The van der Waals surface area contributed by atoms with Gasteiger partial charge in [0.25, 0.3) is 0 Å². The van der Waals surface area contributed by atoms with Crippen molar-refractivity contribution in [3.63, 3.8) is 0 Å². The van der Waals surface area contributed by atoms with Crippen molar-refractivity contribution >= 4 is 0 Å². The van der Waals surface area contributed by atoms with E-state index >= 15 is 0 Å². The van der Waals surface area contributed by atoms with Gasteiger partial charge in [0.05, 0.1) is 0 Å². The van der Waals surface area contributed by atoms with Crippen molar-refractivity contribution in [3.05, 3.63) is 29.8 Å². The van der Waals surface area contributed by atoms with Crippen LogP contribution in [0.4, 0.5) is 0 Å². The first-order chi connectivity index (χ1) is 8.33. The second-order valence-electron chi connectivity index (χ2n) is 4.77. The van der Waals surface area contributed by atoms with Crippen LogP contribution in [-0.2, 0) is 6.42 Å². The number of nitrogens with one attached hydrogen (secondary N) is 1. The molecule has 0 saturated heterocycles. The summed E-state index contributed by atoms with van der Waals surface area (Å²) in [6.45, 7) is 5.40. The molecular weight excluding hydrogens is 210 g/mol. The van der Waals surface area contributed by atoms with Gasteiger partial charge in [-0.1, -0.05) is 32.0 Å². The van der Waals surface area contributed by atoms with Gasteiger partial charge in [0, 0.05) is 6.04 Å². The Kier molecular flexibility index (Phi) is 4.43. The first-order valence-corrected chi connectivity index (χ1v) is 6.81. The summed E-state index contributed by atoms with van der Waals surface area (Å²) in [5.41, 5.74) is 1.32. The number of hydrogen-bond acceptors (Lipinski definition) is 2. The smallest absolute Gasteiger partial charge is 0.122 e. The highest BCUT2D eigenvalue weighted by Gasteiger charge is 2.25. The summed E-state index contributed by atoms with van der Waals surface area (Å²) in [4.78, 5) is 0. The van der Waals surface area contributed by atoms with Crippen molar-refractivity contribution in [2.45, 2.75) is 51.7 Å². The molecule has 2 rings (SSSR count). The minimum atomic E-state index is 0.395. The van der Waals surface area contributed by atoms with Crippen LogP contribution in [0.1, 0.15) is 38.7 Å². The zero-order valence-corrected chi connectivity index (χ0v) is 10.9. The number of rotatable bonds is 5. The SMILES string of the molecule is CCNC1CCC(Oc2ccccc2CC)C1. The lowest BCUT2D eigenvalue weighted by Gasteiger charge is -2.16. The largest absolute Gasteiger partial charge is 0.490 e. The Bertz CT molecular complexity index is 351. The summed E-state index contributed by atoms with van der Waals surface area (Å²) in [6.07, 6.45) is 5.00. The van der Waals surface area contributed by atoms with Crippen LogP contribution in [0.15, 0.2) is 24.3 Å². The topological polar surface area (TPSA) is 21.3 Å². The molecule has 94 valence electrons. The number of para-hydroxylation sites is 1. The van der Waals surface area contributed by atoms with Crippen LogP contribution in [0.2, 0.25) is 0 Å². The molecule has 1 N–H and O–H groups in total. The van der Waals surface area contributed by atoms with E-state index in [1.165, 1.54) is 18.4 Å². The van der Waals surface area contributed by atoms with Crippen molar-refractivity contribution in [3.8, 4) is 5.75 Å². The van der Waals surface area contributed by atoms with Crippen molar-refractivity contribution in [2.75, 3.05) is 6.54 Å². The lowest BCUT2D eigenvalue weighted by molar-refractivity contribution is 0.204. The highest BCUT2D eigenvalue weighted by Crippen LogP contribution is 2.27. The maximum absolute atomic E-state index is 6.13. The van der Waals surface area contributed by atoms with E-state index in [1.807, 2.05) is 0 Å². The van der Waals surface area contributed by atoms with E-state index in [1.54, 1.807) is 0 Å². The molecule has 17 heavy (non-hydrogen) atoms. The van der Waals surface area contributed by atoms with E-state index in [9.17, 15) is 0 Å². The highest BCUT2D eigenvalue weighted by molar-refractivity contribution is 5.33. The fourth-order valence-electron chi connectivity index (χ4n) is 2.61. The van der Waals surface area contributed by atoms with Crippen LogP contribution >= 0.6 is 0 Å². The predicted octanol–water partition coefficient (Wildman–Crippen LogP) is 3.16. The van der Waals surface area contributed by atoms with Gasteiger partial charge in [-0.3, -0.25) is 0 Å². The Balaban J connectivity index is 1.93. The first-order valence-electron chi connectivity index (χ1n) is 6.81.